The summed E-state index contributed by atoms with van der Waals surface area (Å²) in [6.07, 6.45) is 5.70. The maximum Gasteiger partial charge on any atom is 0.163 e. The van der Waals surface area contributed by atoms with E-state index in [1.165, 1.54) is 12.4 Å². The first-order valence-corrected chi connectivity index (χ1v) is 9.57. The fraction of sp³-hybridized carbons (Fsp3) is 0.190. The van der Waals surface area contributed by atoms with Crippen LogP contribution in [0, 0.1) is 5.82 Å². The molecule has 2 aromatic heterocycles. The minimum Gasteiger partial charge on any atom is -0.493 e. The number of aromatic nitrogens is 4. The van der Waals surface area contributed by atoms with Crippen molar-refractivity contribution in [2.45, 2.75) is 6.42 Å². The summed E-state index contributed by atoms with van der Waals surface area (Å²) in [5.74, 6) is 1.97. The quantitative estimate of drug-likeness (QED) is 0.417. The van der Waals surface area contributed by atoms with Gasteiger partial charge in [-0.15, -0.1) is 12.4 Å². The molecule has 7 nitrogen and oxygen atoms in total. The number of aryl methyl sites for hydroxylation is 1. The van der Waals surface area contributed by atoms with Crippen LogP contribution in [0.15, 0.2) is 49.1 Å². The number of nitrogens with one attached hydrogen (secondary N) is 1. The second-order valence-corrected chi connectivity index (χ2v) is 6.98. The lowest BCUT2D eigenvalue weighted by Gasteiger charge is -2.14. The molecule has 0 saturated heterocycles. The molecule has 0 bridgehead atoms. The lowest BCUT2D eigenvalue weighted by molar-refractivity contribution is 0.295. The Balaban J connectivity index is 0.00000272. The van der Waals surface area contributed by atoms with E-state index < -0.39 is 5.82 Å². The normalized spacial score (nSPS) is 10.6. The van der Waals surface area contributed by atoms with E-state index in [0.717, 1.165) is 5.82 Å². The Bertz CT molecular complexity index is 1200. The monoisotopic (exact) mass is 463 g/mol. The van der Waals surface area contributed by atoms with E-state index in [2.05, 4.69) is 20.3 Å². The number of rotatable bonds is 7. The fourth-order valence-electron chi connectivity index (χ4n) is 3.04. The van der Waals surface area contributed by atoms with Crippen LogP contribution in [-0.4, -0.2) is 33.2 Å². The van der Waals surface area contributed by atoms with Gasteiger partial charge in [0.2, 0.25) is 0 Å². The minimum atomic E-state index is -0.476. The summed E-state index contributed by atoms with van der Waals surface area (Å²) in [5.41, 5.74) is 0.892. The molecule has 162 valence electrons. The number of benzene rings is 2. The average molecular weight is 464 g/mol. The van der Waals surface area contributed by atoms with Crippen molar-refractivity contribution in [2.75, 3.05) is 19.0 Å². The molecule has 0 fully saturated rings. The van der Waals surface area contributed by atoms with Crippen LogP contribution in [0.2, 0.25) is 5.02 Å². The van der Waals surface area contributed by atoms with Crippen molar-refractivity contribution in [3.8, 4) is 11.5 Å². The standard InChI is InChI=1S/C21H19ClFN5O2.ClH/c1-28-7-6-24-20(28)5-8-30-19-11-17-14(10-18(19)29-2)21(26-12-25-17)27-16-4-3-13(22)9-15(16)23;/h3-4,6-7,9-12H,5,8H2,1-2H3,(H,25,26,27);1H. The van der Waals surface area contributed by atoms with Crippen LogP contribution < -0.4 is 14.8 Å². The largest absolute Gasteiger partial charge is 0.493 e. The van der Waals surface area contributed by atoms with Gasteiger partial charge in [-0.25, -0.2) is 19.3 Å². The summed E-state index contributed by atoms with van der Waals surface area (Å²) < 4.78 is 27.5. The van der Waals surface area contributed by atoms with Crippen LogP contribution in [0.25, 0.3) is 10.9 Å². The molecular weight excluding hydrogens is 444 g/mol. The molecule has 0 radical (unpaired) electrons. The molecule has 10 heteroatoms. The lowest BCUT2D eigenvalue weighted by Crippen LogP contribution is -2.07. The maximum atomic E-state index is 14.2. The summed E-state index contributed by atoms with van der Waals surface area (Å²) in [5, 5.41) is 3.97. The molecule has 2 aromatic carbocycles. The Labute approximate surface area is 189 Å². The molecule has 0 atom stereocenters. The van der Waals surface area contributed by atoms with Gasteiger partial charge in [0.05, 0.1) is 24.9 Å². The van der Waals surface area contributed by atoms with Crippen molar-refractivity contribution in [3.63, 3.8) is 0 Å². The van der Waals surface area contributed by atoms with Crippen molar-refractivity contribution in [3.05, 3.63) is 65.7 Å². The van der Waals surface area contributed by atoms with Crippen molar-refractivity contribution in [1.29, 1.82) is 0 Å². The Morgan fingerprint density at radius 2 is 1.97 bits per heavy atom. The molecule has 0 unspecified atom stereocenters. The van der Waals surface area contributed by atoms with Crippen molar-refractivity contribution in [2.24, 2.45) is 7.05 Å². The zero-order chi connectivity index (χ0) is 21.1. The van der Waals surface area contributed by atoms with Gasteiger partial charge >= 0.3 is 0 Å². The second-order valence-electron chi connectivity index (χ2n) is 6.54. The third-order valence-corrected chi connectivity index (χ3v) is 4.84. The predicted octanol–water partition coefficient (Wildman–Crippen LogP) is 4.95. The van der Waals surface area contributed by atoms with Gasteiger partial charge in [0, 0.05) is 42.3 Å². The summed E-state index contributed by atoms with van der Waals surface area (Å²) in [6, 6.07) is 7.93. The van der Waals surface area contributed by atoms with Crippen LogP contribution in [-0.2, 0) is 13.5 Å². The number of imidazole rings is 1. The van der Waals surface area contributed by atoms with Crippen LogP contribution in [0.1, 0.15) is 5.82 Å². The van der Waals surface area contributed by atoms with Gasteiger partial charge in [0.1, 0.15) is 23.8 Å². The number of nitrogens with zero attached hydrogens (tertiary/aromatic N) is 4. The third kappa shape index (κ3) is 4.98. The minimum absolute atomic E-state index is 0. The molecule has 1 N–H and O–H groups in total. The van der Waals surface area contributed by atoms with E-state index in [1.807, 2.05) is 17.8 Å². The number of halogens is 3. The summed E-state index contributed by atoms with van der Waals surface area (Å²) in [7, 11) is 3.50. The van der Waals surface area contributed by atoms with Crippen molar-refractivity contribution in [1.82, 2.24) is 19.5 Å². The molecule has 2 heterocycles. The van der Waals surface area contributed by atoms with Crippen LogP contribution in [0.3, 0.4) is 0 Å². The Morgan fingerprint density at radius 3 is 2.68 bits per heavy atom. The summed E-state index contributed by atoms with van der Waals surface area (Å²) in [6.45, 7) is 0.429. The molecule has 4 aromatic rings. The Morgan fingerprint density at radius 1 is 1.13 bits per heavy atom. The average Bonchev–Trinajstić information content (AvgIpc) is 3.14. The molecule has 0 aliphatic rings. The van der Waals surface area contributed by atoms with Gasteiger partial charge in [-0.1, -0.05) is 11.6 Å². The number of methoxy groups -OCH3 is 1. The molecule has 0 aliphatic heterocycles. The first kappa shape index (κ1) is 22.6. The van der Waals surface area contributed by atoms with E-state index in [4.69, 9.17) is 21.1 Å². The van der Waals surface area contributed by atoms with E-state index in [9.17, 15) is 4.39 Å². The lowest BCUT2D eigenvalue weighted by atomic mass is 10.2. The maximum absolute atomic E-state index is 14.2. The summed E-state index contributed by atoms with van der Waals surface area (Å²) >= 11 is 5.83. The molecule has 0 spiro atoms. The molecule has 4 rings (SSSR count). The second kappa shape index (κ2) is 9.80. The van der Waals surface area contributed by atoms with Gasteiger partial charge in [0.25, 0.3) is 0 Å². The van der Waals surface area contributed by atoms with Crippen LogP contribution >= 0.6 is 24.0 Å². The zero-order valence-corrected chi connectivity index (χ0v) is 18.4. The number of hydrogen-bond acceptors (Lipinski definition) is 6. The Hall–Kier alpha value is -3.10. The molecule has 31 heavy (non-hydrogen) atoms. The molecule has 0 saturated carbocycles. The van der Waals surface area contributed by atoms with Gasteiger partial charge < -0.3 is 19.4 Å². The Kier molecular flexibility index (Phi) is 7.14. The molecular formula is C21H20Cl2FN5O2. The highest BCUT2D eigenvalue weighted by Gasteiger charge is 2.13. The van der Waals surface area contributed by atoms with Crippen molar-refractivity contribution < 1.29 is 13.9 Å². The fourth-order valence-corrected chi connectivity index (χ4v) is 3.20. The van der Waals surface area contributed by atoms with Gasteiger partial charge in [-0.2, -0.15) is 0 Å². The summed E-state index contributed by atoms with van der Waals surface area (Å²) in [4.78, 5) is 12.8. The number of hydrogen-bond donors (Lipinski definition) is 1. The highest BCUT2D eigenvalue weighted by atomic mass is 35.5. The molecule has 0 aliphatic carbocycles. The number of ether oxygens (including phenoxy) is 2. The van der Waals surface area contributed by atoms with E-state index in [0.29, 0.717) is 46.3 Å². The van der Waals surface area contributed by atoms with E-state index >= 15 is 0 Å². The first-order valence-electron chi connectivity index (χ1n) is 9.19. The van der Waals surface area contributed by atoms with E-state index in [1.54, 1.807) is 37.6 Å². The van der Waals surface area contributed by atoms with Gasteiger partial charge in [-0.3, -0.25) is 0 Å². The number of anilines is 2. The first-order chi connectivity index (χ1) is 14.5. The predicted molar refractivity (Wildman–Crippen MR) is 120 cm³/mol. The smallest absolute Gasteiger partial charge is 0.163 e. The van der Waals surface area contributed by atoms with Crippen molar-refractivity contribution >= 4 is 46.4 Å². The molecule has 0 amide bonds. The third-order valence-electron chi connectivity index (χ3n) is 4.61. The van der Waals surface area contributed by atoms with Gasteiger partial charge in [0.15, 0.2) is 11.5 Å². The SMILES string of the molecule is COc1cc2c(Nc3ccc(Cl)cc3F)ncnc2cc1OCCc1nccn1C.Cl. The van der Waals surface area contributed by atoms with Crippen LogP contribution in [0.4, 0.5) is 15.9 Å². The van der Waals surface area contributed by atoms with E-state index in [-0.39, 0.29) is 18.1 Å². The van der Waals surface area contributed by atoms with Gasteiger partial charge in [-0.05, 0) is 24.3 Å². The highest BCUT2D eigenvalue weighted by molar-refractivity contribution is 6.30. The zero-order valence-electron chi connectivity index (χ0n) is 16.8. The van der Waals surface area contributed by atoms with Crippen LogP contribution in [0.5, 0.6) is 11.5 Å². The topological polar surface area (TPSA) is 74.1 Å². The highest BCUT2D eigenvalue weighted by Crippen LogP contribution is 2.35. The number of fused-ring (bicyclic) bond motifs is 1.